The molecule has 2 saturated heterocycles. The van der Waals surface area contributed by atoms with E-state index >= 15 is 0 Å². The van der Waals surface area contributed by atoms with E-state index in [2.05, 4.69) is 53.5 Å². The minimum absolute atomic E-state index is 0.138. The smallest absolute Gasteiger partial charge is 0.373 e. The van der Waals surface area contributed by atoms with Crippen molar-refractivity contribution in [3.05, 3.63) is 119 Å². The molecule has 2 aromatic carbocycles. The molecule has 4 aromatic heterocycles. The van der Waals surface area contributed by atoms with Crippen molar-refractivity contribution < 1.29 is 42.9 Å². The number of benzene rings is 2. The summed E-state index contributed by atoms with van der Waals surface area (Å²) in [6.45, 7) is 9.41. The first kappa shape index (κ1) is 47.4. The van der Waals surface area contributed by atoms with E-state index in [-0.39, 0.29) is 24.2 Å². The maximum absolute atomic E-state index is 13.2. The molecular weight excluding hydrogens is 841 g/mol. The highest BCUT2D eigenvalue weighted by molar-refractivity contribution is 5.96. The van der Waals surface area contributed by atoms with E-state index < -0.39 is 18.0 Å². The Labute approximate surface area is 371 Å². The number of ether oxygens (including phenoxy) is 1. The molecule has 0 radical (unpaired) electrons. The molecule has 2 N–H and O–H groups in total. The second kappa shape index (κ2) is 23.0. The van der Waals surface area contributed by atoms with Crippen LogP contribution >= 0.6 is 0 Å². The number of methoxy groups -OCH3 is 1. The number of carboxylic acid groups (broad SMARTS) is 1. The molecular formula is C44H42N12O9. The van der Waals surface area contributed by atoms with Gasteiger partial charge in [0.1, 0.15) is 29.8 Å². The Morgan fingerprint density at radius 1 is 0.785 bits per heavy atom. The minimum Gasteiger partial charge on any atom is -0.478 e. The van der Waals surface area contributed by atoms with Crippen molar-refractivity contribution in [2.75, 3.05) is 56.2 Å². The molecule has 65 heavy (non-hydrogen) atoms. The fourth-order valence-corrected chi connectivity index (χ4v) is 6.60. The van der Waals surface area contributed by atoms with E-state index in [1.54, 1.807) is 78.4 Å². The lowest BCUT2D eigenvalue weighted by Crippen LogP contribution is -2.58. The van der Waals surface area contributed by atoms with Crippen molar-refractivity contribution in [3.63, 3.8) is 0 Å². The largest absolute Gasteiger partial charge is 0.478 e. The molecule has 2 unspecified atom stereocenters. The maximum atomic E-state index is 13.2. The molecule has 0 bridgehead atoms. The van der Waals surface area contributed by atoms with Crippen molar-refractivity contribution >= 4 is 35.6 Å². The van der Waals surface area contributed by atoms with Crippen LogP contribution in [0.15, 0.2) is 94.2 Å². The number of aryl methyl sites for hydroxylation is 2. The number of nitrogens with zero attached hydrogens (tertiary/aromatic N) is 11. The zero-order valence-corrected chi connectivity index (χ0v) is 35.6. The van der Waals surface area contributed by atoms with Crippen LogP contribution < -0.4 is 15.1 Å². The van der Waals surface area contributed by atoms with Crippen molar-refractivity contribution in [1.82, 2.24) is 40.5 Å². The van der Waals surface area contributed by atoms with Crippen LogP contribution in [-0.2, 0) is 19.1 Å². The minimum atomic E-state index is -0.975. The van der Waals surface area contributed by atoms with Gasteiger partial charge in [-0.1, -0.05) is 34.6 Å². The summed E-state index contributed by atoms with van der Waals surface area (Å²) in [5.41, 5.74) is 2.99. The Morgan fingerprint density at radius 3 is 1.78 bits per heavy atom. The summed E-state index contributed by atoms with van der Waals surface area (Å²) in [7, 11) is 1.31. The SMILES string of the molecule is CC1CNCCN1c1ccc(C#N)cn1.COC(=O)C1CN(C(=O)c2cccc(-c3noc(C)n3)c2)CCN1c1ccc(C#N)cn1.Cc1nc(-c2cccc(C(=O)O)c2)no1.O=C=O. The zero-order valence-electron chi connectivity index (χ0n) is 35.6. The van der Waals surface area contributed by atoms with Crippen molar-refractivity contribution in [2.24, 2.45) is 0 Å². The number of carboxylic acids is 1. The molecule has 0 saturated carbocycles. The Kier molecular flexibility index (Phi) is 16.8. The van der Waals surface area contributed by atoms with Crippen molar-refractivity contribution in [2.45, 2.75) is 32.9 Å². The number of nitriles is 2. The number of rotatable bonds is 7. The van der Waals surface area contributed by atoms with E-state index in [1.165, 1.54) is 25.4 Å². The van der Waals surface area contributed by atoms with Crippen LogP contribution in [-0.4, -0.2) is 123 Å². The fourth-order valence-electron chi connectivity index (χ4n) is 6.60. The molecule has 6 aromatic rings. The van der Waals surface area contributed by atoms with Crippen molar-refractivity contribution in [1.29, 1.82) is 10.5 Å². The standard InChI is InChI=1S/C22H20N6O4.C11H14N4.C10H8N2O3.CO2/c1-14-25-20(26-32-14)16-4-3-5-17(10-16)21(29)27-8-9-28(18(13-27)22(30)31-2)19-7-6-15(11-23)12-24-19;1-9-7-13-4-5-15(9)11-3-2-10(6-12)8-14-11;1-6-11-9(12-15-6)7-3-2-4-8(5-7)10(13)14;2-1-3/h3-7,10,12,18H,8-9,13H2,1-2H3;2-3,8-9,13H,4-5,7H2,1H3;2-5H,1H3,(H,13,14);. The van der Waals surface area contributed by atoms with Gasteiger partial charge in [-0.05, 0) is 55.5 Å². The average Bonchev–Trinajstić information content (AvgIpc) is 3.99. The van der Waals surface area contributed by atoms with Crippen LogP contribution in [0.5, 0.6) is 0 Å². The summed E-state index contributed by atoms with van der Waals surface area (Å²) in [5, 5.41) is 37.4. The Balaban J connectivity index is 0.000000199. The molecule has 21 heteroatoms. The number of aromatic nitrogens is 6. The van der Waals surface area contributed by atoms with Gasteiger partial charge >= 0.3 is 18.1 Å². The van der Waals surface area contributed by atoms with Crippen LogP contribution in [0.4, 0.5) is 11.6 Å². The third-order valence-electron chi connectivity index (χ3n) is 9.78. The van der Waals surface area contributed by atoms with Gasteiger partial charge in [-0.25, -0.2) is 19.6 Å². The number of amides is 1. The van der Waals surface area contributed by atoms with E-state index in [0.717, 1.165) is 25.5 Å². The van der Waals surface area contributed by atoms with Gasteiger partial charge in [-0.2, -0.15) is 30.1 Å². The summed E-state index contributed by atoms with van der Waals surface area (Å²) >= 11 is 0. The van der Waals surface area contributed by atoms with Crippen LogP contribution in [0, 0.1) is 36.5 Å². The summed E-state index contributed by atoms with van der Waals surface area (Å²) < 4.78 is 14.8. The summed E-state index contributed by atoms with van der Waals surface area (Å²) in [5.74, 6) is 1.53. The van der Waals surface area contributed by atoms with Crippen LogP contribution in [0.3, 0.4) is 0 Å². The predicted molar refractivity (Wildman–Crippen MR) is 228 cm³/mol. The normalized spacial score (nSPS) is 15.1. The predicted octanol–water partition coefficient (Wildman–Crippen LogP) is 3.73. The van der Waals surface area contributed by atoms with Gasteiger partial charge < -0.3 is 38.9 Å². The number of carbonyl (C=O) groups excluding carboxylic acids is 4. The first-order valence-corrected chi connectivity index (χ1v) is 19.8. The van der Waals surface area contributed by atoms with E-state index in [1.807, 2.05) is 18.2 Å². The van der Waals surface area contributed by atoms with Crippen LogP contribution in [0.25, 0.3) is 22.8 Å². The lowest BCUT2D eigenvalue weighted by atomic mass is 10.1. The molecule has 6 heterocycles. The molecule has 0 aliphatic carbocycles. The van der Waals surface area contributed by atoms with Gasteiger partial charge in [-0.15, -0.1) is 0 Å². The molecule has 332 valence electrons. The molecule has 2 aliphatic rings. The molecule has 21 nitrogen and oxygen atoms in total. The topological polar surface area (TPSA) is 288 Å². The highest BCUT2D eigenvalue weighted by Crippen LogP contribution is 2.24. The van der Waals surface area contributed by atoms with Gasteiger partial charge in [0.15, 0.2) is 0 Å². The molecule has 0 spiro atoms. The number of pyridine rings is 2. The molecule has 2 atom stereocenters. The lowest BCUT2D eigenvalue weighted by Gasteiger charge is -2.40. The third kappa shape index (κ3) is 12.7. The summed E-state index contributed by atoms with van der Waals surface area (Å²) in [6, 6.07) is 24.2. The second-order valence-corrected chi connectivity index (χ2v) is 14.1. The number of aromatic carboxylic acids is 1. The number of carbonyl (C=O) groups is 3. The highest BCUT2D eigenvalue weighted by Gasteiger charge is 2.36. The van der Waals surface area contributed by atoms with E-state index in [9.17, 15) is 14.4 Å². The number of esters is 1. The quantitative estimate of drug-likeness (QED) is 0.216. The number of nitrogens with one attached hydrogen (secondary N) is 1. The molecule has 2 fully saturated rings. The van der Waals surface area contributed by atoms with Gasteiger partial charge in [0.05, 0.1) is 30.3 Å². The van der Waals surface area contributed by atoms with Gasteiger partial charge in [-0.3, -0.25) is 4.79 Å². The van der Waals surface area contributed by atoms with Gasteiger partial charge in [0.25, 0.3) is 5.91 Å². The lowest BCUT2D eigenvalue weighted by molar-refractivity contribution is -0.191. The Hall–Kier alpha value is -8.65. The second-order valence-electron chi connectivity index (χ2n) is 14.1. The fraction of sp³-hybridized carbons (Fsp3) is 0.273. The first-order chi connectivity index (χ1) is 31.4. The van der Waals surface area contributed by atoms with E-state index in [0.29, 0.717) is 76.2 Å². The number of anilines is 2. The monoisotopic (exact) mass is 882 g/mol. The Morgan fingerprint density at radius 2 is 1.32 bits per heavy atom. The van der Waals surface area contributed by atoms with Crippen LogP contribution in [0.1, 0.15) is 50.5 Å². The summed E-state index contributed by atoms with van der Waals surface area (Å²) in [6.07, 6.45) is 3.33. The van der Waals surface area contributed by atoms with Gasteiger partial charge in [0.2, 0.25) is 23.4 Å². The average molecular weight is 883 g/mol. The first-order valence-electron chi connectivity index (χ1n) is 19.8. The summed E-state index contributed by atoms with van der Waals surface area (Å²) in [4.78, 5) is 75.2. The van der Waals surface area contributed by atoms with Gasteiger partial charge in [0, 0.05) is 81.7 Å². The highest BCUT2D eigenvalue weighted by atomic mass is 16.5. The van der Waals surface area contributed by atoms with Crippen LogP contribution in [0.2, 0.25) is 0 Å². The number of hydrogen-bond donors (Lipinski definition) is 2. The number of piperazine rings is 2. The number of hydrogen-bond acceptors (Lipinski definition) is 19. The molecule has 8 rings (SSSR count). The van der Waals surface area contributed by atoms with E-state index in [4.69, 9.17) is 39.0 Å². The third-order valence-corrected chi connectivity index (χ3v) is 9.78. The van der Waals surface area contributed by atoms with Crippen molar-refractivity contribution in [3.8, 4) is 34.9 Å². The maximum Gasteiger partial charge on any atom is 0.373 e. The molecule has 1 amide bonds. The molecule has 2 aliphatic heterocycles. The zero-order chi connectivity index (χ0) is 46.9. The Bertz CT molecular complexity index is 2680.